The Morgan fingerprint density at radius 2 is 2.09 bits per heavy atom. The van der Waals surface area contributed by atoms with Gasteiger partial charge in [-0.05, 0) is 25.7 Å². The van der Waals surface area contributed by atoms with Gasteiger partial charge in [0.1, 0.15) is 18.2 Å². The average molecular weight is 463 g/mol. The summed E-state index contributed by atoms with van der Waals surface area (Å²) in [5.41, 5.74) is -1.08. The summed E-state index contributed by atoms with van der Waals surface area (Å²) in [5, 5.41) is 10.1. The Labute approximate surface area is 196 Å². The van der Waals surface area contributed by atoms with Gasteiger partial charge in [-0.2, -0.15) is 0 Å². The maximum Gasteiger partial charge on any atom is 0.312 e. The number of nitrogens with zero attached hydrogens (tertiary/aromatic N) is 2. The Bertz CT molecular complexity index is 766. The van der Waals surface area contributed by atoms with Gasteiger partial charge in [-0.15, -0.1) is 6.58 Å². The van der Waals surface area contributed by atoms with Gasteiger partial charge < -0.3 is 24.4 Å². The lowest BCUT2D eigenvalue weighted by molar-refractivity contribution is -0.155. The number of carbonyl (C=O) groups excluding carboxylic acids is 3. The number of aliphatic hydroxyl groups excluding tert-OH is 1. The van der Waals surface area contributed by atoms with Crippen LogP contribution in [-0.4, -0.2) is 82.8 Å². The number of hydrogen-bond donors (Lipinski definition) is 1. The van der Waals surface area contributed by atoms with E-state index in [0.717, 1.165) is 19.3 Å². The van der Waals surface area contributed by atoms with E-state index in [9.17, 15) is 19.5 Å². The van der Waals surface area contributed by atoms with Crippen molar-refractivity contribution in [3.05, 3.63) is 25.3 Å². The quantitative estimate of drug-likeness (QED) is 0.256. The van der Waals surface area contributed by atoms with Crippen molar-refractivity contribution < 1.29 is 29.0 Å². The molecule has 3 heterocycles. The Morgan fingerprint density at radius 1 is 1.33 bits per heavy atom. The smallest absolute Gasteiger partial charge is 0.312 e. The van der Waals surface area contributed by atoms with Crippen LogP contribution in [0, 0.1) is 11.8 Å². The second-order valence-electron chi connectivity index (χ2n) is 9.24. The second kappa shape index (κ2) is 10.8. The number of likely N-dealkylation sites (tertiary alicyclic amines) is 1. The summed E-state index contributed by atoms with van der Waals surface area (Å²) in [4.78, 5) is 43.9. The molecule has 184 valence electrons. The molecule has 0 aromatic heterocycles. The van der Waals surface area contributed by atoms with Crippen molar-refractivity contribution in [2.45, 2.75) is 76.2 Å². The van der Waals surface area contributed by atoms with E-state index in [2.05, 4.69) is 20.1 Å². The van der Waals surface area contributed by atoms with Crippen molar-refractivity contribution in [3.63, 3.8) is 0 Å². The second-order valence-corrected chi connectivity index (χ2v) is 9.24. The van der Waals surface area contributed by atoms with Crippen LogP contribution >= 0.6 is 0 Å². The largest absolute Gasteiger partial charge is 0.461 e. The van der Waals surface area contributed by atoms with Crippen molar-refractivity contribution in [2.24, 2.45) is 11.8 Å². The van der Waals surface area contributed by atoms with Gasteiger partial charge in [0.2, 0.25) is 11.8 Å². The van der Waals surface area contributed by atoms with Crippen molar-refractivity contribution in [2.75, 3.05) is 26.3 Å². The van der Waals surface area contributed by atoms with E-state index in [0.29, 0.717) is 32.4 Å². The Kier molecular flexibility index (Phi) is 8.34. The zero-order valence-electron chi connectivity index (χ0n) is 19.9. The van der Waals surface area contributed by atoms with Crippen LogP contribution in [0.15, 0.2) is 25.3 Å². The van der Waals surface area contributed by atoms with Crippen LogP contribution < -0.4 is 0 Å². The third kappa shape index (κ3) is 4.35. The minimum atomic E-state index is -1.08. The summed E-state index contributed by atoms with van der Waals surface area (Å²) in [6, 6.07) is -1.41. The van der Waals surface area contributed by atoms with Gasteiger partial charge in [0.15, 0.2) is 0 Å². The van der Waals surface area contributed by atoms with E-state index in [-0.39, 0.29) is 25.0 Å². The fourth-order valence-electron chi connectivity index (χ4n) is 5.86. The fourth-order valence-corrected chi connectivity index (χ4v) is 5.86. The molecule has 2 bridgehead atoms. The monoisotopic (exact) mass is 462 g/mol. The van der Waals surface area contributed by atoms with E-state index >= 15 is 0 Å². The van der Waals surface area contributed by atoms with Gasteiger partial charge in [0.25, 0.3) is 0 Å². The molecule has 0 aromatic carbocycles. The molecule has 2 unspecified atom stereocenters. The Morgan fingerprint density at radius 3 is 2.70 bits per heavy atom. The normalized spacial score (nSPS) is 30.8. The molecule has 3 rings (SSSR count). The molecule has 33 heavy (non-hydrogen) atoms. The van der Waals surface area contributed by atoms with Crippen LogP contribution in [0.3, 0.4) is 0 Å². The summed E-state index contributed by atoms with van der Waals surface area (Å²) in [6.45, 7) is 12.1. The number of rotatable bonds is 13. The molecular formula is C25H38N2O6. The first-order valence-corrected chi connectivity index (χ1v) is 12.2. The van der Waals surface area contributed by atoms with Gasteiger partial charge in [-0.3, -0.25) is 14.4 Å². The summed E-state index contributed by atoms with van der Waals surface area (Å²) in [6.07, 6.45) is 7.18. The minimum absolute atomic E-state index is 0.0564. The molecule has 3 aliphatic rings. The molecule has 6 atom stereocenters. The van der Waals surface area contributed by atoms with Crippen LogP contribution in [-0.2, 0) is 23.9 Å². The molecule has 0 saturated carbocycles. The summed E-state index contributed by atoms with van der Waals surface area (Å²) in [7, 11) is 0. The van der Waals surface area contributed by atoms with Crippen molar-refractivity contribution in [1.82, 2.24) is 9.80 Å². The number of amides is 2. The average Bonchev–Trinajstić information content (AvgIpc) is 3.45. The van der Waals surface area contributed by atoms with Gasteiger partial charge >= 0.3 is 5.97 Å². The third-order valence-electron chi connectivity index (χ3n) is 7.36. The molecule has 2 amide bonds. The molecule has 3 saturated heterocycles. The number of unbranched alkanes of at least 4 members (excludes halogenated alkanes) is 2. The lowest BCUT2D eigenvalue weighted by atomic mass is 9.70. The number of carbonyl (C=O) groups is 3. The molecule has 3 aliphatic heterocycles. The highest BCUT2D eigenvalue weighted by Crippen LogP contribution is 2.59. The van der Waals surface area contributed by atoms with E-state index in [1.807, 2.05) is 6.92 Å². The van der Waals surface area contributed by atoms with Crippen molar-refractivity contribution in [3.8, 4) is 0 Å². The zero-order valence-corrected chi connectivity index (χ0v) is 19.9. The predicted molar refractivity (Wildman–Crippen MR) is 123 cm³/mol. The molecule has 0 radical (unpaired) electrons. The maximum absolute atomic E-state index is 14.0. The SMILES string of the molecule is C=CCOC(=O)[C@@H]1[C@H]2C(=O)N([C@@H](CC)CO)C(C(=O)N(CC=C)CCCCC)C23CC[C@H]1O3. The Balaban J connectivity index is 2.00. The highest BCUT2D eigenvalue weighted by Gasteiger charge is 2.75. The van der Waals surface area contributed by atoms with Gasteiger partial charge in [0, 0.05) is 13.1 Å². The van der Waals surface area contributed by atoms with Gasteiger partial charge in [-0.25, -0.2) is 0 Å². The molecule has 1 N–H and O–H groups in total. The first kappa shape index (κ1) is 25.4. The molecular weight excluding hydrogens is 424 g/mol. The summed E-state index contributed by atoms with van der Waals surface area (Å²) in [5.74, 6) is -2.53. The van der Waals surface area contributed by atoms with Crippen LogP contribution in [0.5, 0.6) is 0 Å². The Hall–Kier alpha value is -2.19. The first-order valence-electron chi connectivity index (χ1n) is 12.2. The van der Waals surface area contributed by atoms with Crippen LogP contribution in [0.2, 0.25) is 0 Å². The number of hydrogen-bond acceptors (Lipinski definition) is 6. The third-order valence-corrected chi connectivity index (χ3v) is 7.36. The minimum Gasteiger partial charge on any atom is -0.461 e. The standard InChI is InChI=1S/C25H38N2O6/c1-5-9-10-14-26(13-6-2)23(30)21-25-12-11-18(33-25)19(24(31)32-15-7-3)20(25)22(29)27(21)17(8-4)16-28/h6-7,17-21,28H,2-3,5,8-16H2,1,4H3/t17-,18+,19-,20-,21?,25?/m0/s1. The maximum atomic E-state index is 14.0. The first-order chi connectivity index (χ1) is 15.9. The molecule has 1 spiro atoms. The molecule has 0 aromatic rings. The van der Waals surface area contributed by atoms with Crippen LogP contribution in [0.1, 0.15) is 52.4 Å². The number of ether oxygens (including phenoxy) is 2. The van der Waals surface area contributed by atoms with E-state index in [1.54, 1.807) is 11.0 Å². The number of fused-ring (bicyclic) bond motifs is 1. The molecule has 3 fully saturated rings. The number of aliphatic hydroxyl groups is 1. The van der Waals surface area contributed by atoms with Crippen molar-refractivity contribution in [1.29, 1.82) is 0 Å². The van der Waals surface area contributed by atoms with Crippen LogP contribution in [0.4, 0.5) is 0 Å². The van der Waals surface area contributed by atoms with E-state index in [1.165, 1.54) is 11.0 Å². The highest BCUT2D eigenvalue weighted by molar-refractivity contribution is 5.98. The van der Waals surface area contributed by atoms with E-state index < -0.39 is 41.6 Å². The van der Waals surface area contributed by atoms with Gasteiger partial charge in [-0.1, -0.05) is 45.4 Å². The lowest BCUT2D eigenvalue weighted by Gasteiger charge is -2.39. The molecule has 0 aliphatic carbocycles. The van der Waals surface area contributed by atoms with Crippen molar-refractivity contribution >= 4 is 17.8 Å². The highest BCUT2D eigenvalue weighted by atomic mass is 16.6. The predicted octanol–water partition coefficient (Wildman–Crippen LogP) is 2.07. The molecule has 8 nitrogen and oxygen atoms in total. The van der Waals surface area contributed by atoms with E-state index in [4.69, 9.17) is 9.47 Å². The summed E-state index contributed by atoms with van der Waals surface area (Å²) >= 11 is 0. The fraction of sp³-hybridized carbons (Fsp3) is 0.720. The number of esters is 1. The zero-order chi connectivity index (χ0) is 24.2. The topological polar surface area (TPSA) is 96.4 Å². The van der Waals surface area contributed by atoms with Gasteiger partial charge in [0.05, 0.1) is 30.6 Å². The lowest BCUT2D eigenvalue weighted by Crippen LogP contribution is -2.58. The van der Waals surface area contributed by atoms with Crippen LogP contribution in [0.25, 0.3) is 0 Å². The molecule has 8 heteroatoms. The summed E-state index contributed by atoms with van der Waals surface area (Å²) < 4.78 is 11.7.